The first-order valence-corrected chi connectivity index (χ1v) is 16.5. The van der Waals surface area contributed by atoms with Gasteiger partial charge in [-0.25, -0.2) is 23.3 Å². The number of rotatable bonds is 8. The lowest BCUT2D eigenvalue weighted by molar-refractivity contribution is 0.0691. The standard InChI is InChI=1S/C31H26N4O4S3/c1-19-5-10-24(41-19)11-8-20-3-2-4-22(13-20)28-15-26(30-34-27(18-40-30)31(36)37)29(14-21-6-7-21)35(28)17-23-9-12-25(16-33-23)42(32,38)39/h2-5,9-10,12-13,15-16,18,21H,6-7,14,17H2,1H3,(H,36,37)(H2,32,38,39). The van der Waals surface area contributed by atoms with Gasteiger partial charge >= 0.3 is 5.97 Å². The molecule has 11 heteroatoms. The van der Waals surface area contributed by atoms with Crippen molar-refractivity contribution in [2.75, 3.05) is 0 Å². The van der Waals surface area contributed by atoms with E-state index in [2.05, 4.69) is 45.4 Å². The summed E-state index contributed by atoms with van der Waals surface area (Å²) in [5, 5.41) is 17.0. The third-order valence-electron chi connectivity index (χ3n) is 7.02. The summed E-state index contributed by atoms with van der Waals surface area (Å²) in [4.78, 5) is 22.6. The van der Waals surface area contributed by atoms with Gasteiger partial charge in [0.15, 0.2) is 5.69 Å². The van der Waals surface area contributed by atoms with E-state index in [1.54, 1.807) is 22.8 Å². The average Bonchev–Trinajstić information content (AvgIpc) is 3.30. The Labute approximate surface area is 251 Å². The van der Waals surface area contributed by atoms with Crippen LogP contribution in [0.3, 0.4) is 0 Å². The Balaban J connectivity index is 1.47. The van der Waals surface area contributed by atoms with Crippen molar-refractivity contribution >= 4 is 38.7 Å². The van der Waals surface area contributed by atoms with E-state index in [1.807, 2.05) is 30.3 Å². The Morgan fingerprint density at radius 1 is 1.14 bits per heavy atom. The number of benzene rings is 1. The van der Waals surface area contributed by atoms with Gasteiger partial charge in [0.25, 0.3) is 0 Å². The fourth-order valence-electron chi connectivity index (χ4n) is 4.73. The van der Waals surface area contributed by atoms with Crippen LogP contribution in [0.4, 0.5) is 0 Å². The number of nitrogens with zero attached hydrogens (tertiary/aromatic N) is 3. The Morgan fingerprint density at radius 3 is 2.62 bits per heavy atom. The van der Waals surface area contributed by atoms with Crippen molar-refractivity contribution in [1.29, 1.82) is 0 Å². The fourth-order valence-corrected chi connectivity index (χ4v) is 6.74. The van der Waals surface area contributed by atoms with Gasteiger partial charge in [0.05, 0.1) is 17.1 Å². The highest BCUT2D eigenvalue weighted by Crippen LogP contribution is 2.41. The Bertz CT molecular complexity index is 1970. The smallest absolute Gasteiger partial charge is 0.355 e. The van der Waals surface area contributed by atoms with E-state index < -0.39 is 16.0 Å². The average molecular weight is 615 g/mol. The van der Waals surface area contributed by atoms with Gasteiger partial charge in [0.1, 0.15) is 9.90 Å². The predicted octanol–water partition coefficient (Wildman–Crippen LogP) is 5.79. The first-order valence-electron chi connectivity index (χ1n) is 13.2. The molecule has 0 spiro atoms. The highest BCUT2D eigenvalue weighted by molar-refractivity contribution is 7.89. The van der Waals surface area contributed by atoms with E-state index in [4.69, 9.17) is 5.14 Å². The molecule has 8 nitrogen and oxygen atoms in total. The highest BCUT2D eigenvalue weighted by Gasteiger charge is 2.28. The zero-order valence-electron chi connectivity index (χ0n) is 22.6. The van der Waals surface area contributed by atoms with Crippen molar-refractivity contribution < 1.29 is 18.3 Å². The monoisotopic (exact) mass is 614 g/mol. The van der Waals surface area contributed by atoms with E-state index >= 15 is 0 Å². The molecule has 0 unspecified atom stereocenters. The van der Waals surface area contributed by atoms with Crippen molar-refractivity contribution in [1.82, 2.24) is 14.5 Å². The third-order valence-corrected chi connectivity index (χ3v) is 9.71. The molecule has 0 bridgehead atoms. The largest absolute Gasteiger partial charge is 0.476 e. The number of aromatic nitrogens is 3. The van der Waals surface area contributed by atoms with Gasteiger partial charge in [-0.05, 0) is 80.1 Å². The normalized spacial score (nSPS) is 13.1. The van der Waals surface area contributed by atoms with Crippen molar-refractivity contribution in [2.24, 2.45) is 11.1 Å². The van der Waals surface area contributed by atoms with Crippen LogP contribution in [0.25, 0.3) is 21.8 Å². The summed E-state index contributed by atoms with van der Waals surface area (Å²) in [6, 6.07) is 17.3. The summed E-state index contributed by atoms with van der Waals surface area (Å²) in [7, 11) is -3.86. The molecule has 1 aromatic carbocycles. The number of hydrogen-bond acceptors (Lipinski definition) is 7. The molecule has 1 aliphatic rings. The van der Waals surface area contributed by atoms with Crippen LogP contribution in [-0.2, 0) is 23.0 Å². The summed E-state index contributed by atoms with van der Waals surface area (Å²) in [5.41, 5.74) is 5.35. The molecule has 3 N–H and O–H groups in total. The number of aromatic carboxylic acids is 1. The second kappa shape index (κ2) is 11.3. The van der Waals surface area contributed by atoms with Crippen molar-refractivity contribution in [2.45, 2.75) is 37.6 Å². The lowest BCUT2D eigenvalue weighted by Crippen LogP contribution is -2.13. The molecule has 5 aromatic rings. The number of thiazole rings is 1. The first kappa shape index (κ1) is 28.1. The van der Waals surface area contributed by atoms with Crippen LogP contribution in [0.5, 0.6) is 0 Å². The number of carboxylic acid groups (broad SMARTS) is 1. The summed E-state index contributed by atoms with van der Waals surface area (Å²) in [5.74, 6) is 6.00. The number of pyridine rings is 1. The first-order chi connectivity index (χ1) is 20.1. The van der Waals surface area contributed by atoms with E-state index in [9.17, 15) is 18.3 Å². The number of carboxylic acids is 1. The van der Waals surface area contributed by atoms with E-state index in [0.717, 1.165) is 52.2 Å². The Hall–Kier alpha value is -4.08. The molecule has 212 valence electrons. The topological polar surface area (TPSA) is 128 Å². The lowest BCUT2D eigenvalue weighted by atomic mass is 10.1. The maximum Gasteiger partial charge on any atom is 0.355 e. The molecule has 0 saturated heterocycles. The fraction of sp³-hybridized carbons (Fsp3) is 0.194. The van der Waals surface area contributed by atoms with Crippen LogP contribution in [0.15, 0.2) is 71.1 Å². The quantitative estimate of drug-likeness (QED) is 0.213. The molecule has 4 heterocycles. The number of aryl methyl sites for hydroxylation is 1. The molecule has 0 amide bonds. The van der Waals surface area contributed by atoms with Crippen LogP contribution in [-0.4, -0.2) is 34.0 Å². The van der Waals surface area contributed by atoms with Gasteiger partial charge in [-0.1, -0.05) is 24.0 Å². The third kappa shape index (κ3) is 6.22. The molecule has 4 aromatic heterocycles. The maximum atomic E-state index is 11.8. The Morgan fingerprint density at radius 2 is 1.98 bits per heavy atom. The van der Waals surface area contributed by atoms with Gasteiger partial charge in [0.2, 0.25) is 10.0 Å². The van der Waals surface area contributed by atoms with E-state index in [1.165, 1.54) is 28.5 Å². The minimum absolute atomic E-state index is 0.0167. The van der Waals surface area contributed by atoms with Gasteiger partial charge in [-0.2, -0.15) is 0 Å². The summed E-state index contributed by atoms with van der Waals surface area (Å²) >= 11 is 2.96. The predicted molar refractivity (Wildman–Crippen MR) is 164 cm³/mol. The molecular formula is C31H26N4O4S3. The SMILES string of the molecule is Cc1ccc(C#Cc2cccc(-c3cc(-c4nc(C(=O)O)cs4)c(CC4CC4)n3Cc3ccc(S(N)(=O)=O)cn3)c2)s1. The second-order valence-corrected chi connectivity index (χ2v) is 13.9. The maximum absolute atomic E-state index is 11.8. The highest BCUT2D eigenvalue weighted by atomic mass is 32.2. The molecule has 1 aliphatic carbocycles. The zero-order valence-corrected chi connectivity index (χ0v) is 25.0. The van der Waals surface area contributed by atoms with Crippen molar-refractivity contribution in [3.8, 4) is 33.7 Å². The van der Waals surface area contributed by atoms with Crippen molar-refractivity contribution in [3.63, 3.8) is 0 Å². The zero-order chi connectivity index (χ0) is 29.4. The molecular weight excluding hydrogens is 589 g/mol. The van der Waals surface area contributed by atoms with Crippen LogP contribution in [0.2, 0.25) is 0 Å². The number of primary sulfonamides is 1. The van der Waals surface area contributed by atoms with Gasteiger partial charge in [0, 0.05) is 39.0 Å². The van der Waals surface area contributed by atoms with Crippen LogP contribution >= 0.6 is 22.7 Å². The minimum atomic E-state index is -3.86. The minimum Gasteiger partial charge on any atom is -0.476 e. The summed E-state index contributed by atoms with van der Waals surface area (Å²) in [6.07, 6.45) is 4.35. The van der Waals surface area contributed by atoms with Crippen LogP contribution in [0.1, 0.15) is 50.0 Å². The second-order valence-electron chi connectivity index (χ2n) is 10.2. The van der Waals surface area contributed by atoms with Gasteiger partial charge in [-0.15, -0.1) is 22.7 Å². The number of sulfonamides is 1. The molecule has 42 heavy (non-hydrogen) atoms. The number of nitrogens with two attached hydrogens (primary N) is 1. The number of hydrogen-bond donors (Lipinski definition) is 2. The molecule has 6 rings (SSSR count). The molecule has 0 radical (unpaired) electrons. The van der Waals surface area contributed by atoms with E-state index in [-0.39, 0.29) is 10.6 Å². The van der Waals surface area contributed by atoms with E-state index in [0.29, 0.717) is 23.2 Å². The lowest BCUT2D eigenvalue weighted by Gasteiger charge is -2.15. The molecule has 1 fully saturated rings. The number of carbonyl (C=O) groups is 1. The van der Waals surface area contributed by atoms with Gasteiger partial charge < -0.3 is 9.67 Å². The summed E-state index contributed by atoms with van der Waals surface area (Å²) < 4.78 is 25.8. The van der Waals surface area contributed by atoms with Crippen LogP contribution in [0, 0.1) is 24.7 Å². The Kier molecular flexibility index (Phi) is 7.55. The molecule has 1 saturated carbocycles. The molecule has 0 atom stereocenters. The molecule has 0 aliphatic heterocycles. The number of thiophene rings is 1. The summed E-state index contributed by atoms with van der Waals surface area (Å²) in [6.45, 7) is 2.43. The van der Waals surface area contributed by atoms with Gasteiger partial charge in [-0.3, -0.25) is 4.98 Å². The van der Waals surface area contributed by atoms with Crippen molar-refractivity contribution in [3.05, 3.63) is 98.6 Å². The van der Waals surface area contributed by atoms with Crippen LogP contribution < -0.4 is 5.14 Å².